The first-order valence-electron chi connectivity index (χ1n) is 7.34. The minimum Gasteiger partial charge on any atom is -0.351 e. The number of carbonyl (C=O) groups is 1. The molecule has 1 aliphatic rings. The fourth-order valence-corrected chi connectivity index (χ4v) is 2.68. The first-order chi connectivity index (χ1) is 9.69. The Morgan fingerprint density at radius 3 is 2.85 bits per heavy atom. The van der Waals surface area contributed by atoms with Crippen LogP contribution in [0.2, 0.25) is 0 Å². The molecule has 1 aliphatic heterocycles. The molecule has 0 atom stereocenters. The van der Waals surface area contributed by atoms with Gasteiger partial charge in [0.15, 0.2) is 0 Å². The fourth-order valence-electron chi connectivity index (χ4n) is 2.51. The Balaban J connectivity index is 1.74. The Labute approximate surface area is 126 Å². The fraction of sp³-hybridized carbons (Fsp3) is 0.562. The van der Waals surface area contributed by atoms with E-state index in [0.717, 1.165) is 31.1 Å². The van der Waals surface area contributed by atoms with E-state index in [4.69, 9.17) is 11.6 Å². The topological polar surface area (TPSA) is 32.3 Å². The first kappa shape index (κ1) is 15.3. The van der Waals surface area contributed by atoms with Crippen LogP contribution in [0.5, 0.6) is 0 Å². The minimum absolute atomic E-state index is 0.0117. The summed E-state index contributed by atoms with van der Waals surface area (Å²) in [6.07, 6.45) is 2.54. The van der Waals surface area contributed by atoms with Gasteiger partial charge in [0.25, 0.3) is 5.91 Å². The maximum absolute atomic E-state index is 12.0. The van der Waals surface area contributed by atoms with Crippen LogP contribution >= 0.6 is 11.6 Å². The van der Waals surface area contributed by atoms with Crippen molar-refractivity contribution in [2.75, 3.05) is 26.2 Å². The van der Waals surface area contributed by atoms with Crippen LogP contribution in [0.3, 0.4) is 0 Å². The van der Waals surface area contributed by atoms with Gasteiger partial charge in [0.05, 0.1) is 0 Å². The Morgan fingerprint density at radius 1 is 1.40 bits per heavy atom. The van der Waals surface area contributed by atoms with Crippen molar-refractivity contribution in [3.63, 3.8) is 0 Å². The van der Waals surface area contributed by atoms with Crippen LogP contribution < -0.4 is 5.32 Å². The molecule has 4 heteroatoms. The summed E-state index contributed by atoms with van der Waals surface area (Å²) in [5.74, 6) is 1.27. The molecule has 1 N–H and O–H groups in total. The van der Waals surface area contributed by atoms with Crippen LogP contribution in [0.15, 0.2) is 24.3 Å². The summed E-state index contributed by atoms with van der Waals surface area (Å²) in [6, 6.07) is 7.48. The van der Waals surface area contributed by atoms with Gasteiger partial charge in [-0.05, 0) is 49.5 Å². The largest absolute Gasteiger partial charge is 0.351 e. The predicted molar refractivity (Wildman–Crippen MR) is 83.2 cm³/mol. The second-order valence-corrected chi connectivity index (χ2v) is 5.88. The van der Waals surface area contributed by atoms with E-state index in [1.54, 1.807) is 0 Å². The second kappa shape index (κ2) is 7.65. The number of benzene rings is 1. The molecule has 0 spiro atoms. The van der Waals surface area contributed by atoms with Gasteiger partial charge in [0.1, 0.15) is 0 Å². The average Bonchev–Trinajstić information content (AvgIpc) is 2.49. The number of carbonyl (C=O) groups excluding carboxylic acids is 1. The highest BCUT2D eigenvalue weighted by Gasteiger charge is 2.15. The molecule has 110 valence electrons. The van der Waals surface area contributed by atoms with Gasteiger partial charge in [-0.3, -0.25) is 4.79 Å². The van der Waals surface area contributed by atoms with Crippen LogP contribution in [0.4, 0.5) is 0 Å². The summed E-state index contributed by atoms with van der Waals surface area (Å²) in [7, 11) is 0. The van der Waals surface area contributed by atoms with Gasteiger partial charge in [0, 0.05) is 24.5 Å². The summed E-state index contributed by atoms with van der Waals surface area (Å²) < 4.78 is 0. The molecule has 0 aliphatic carbocycles. The van der Waals surface area contributed by atoms with E-state index in [1.807, 2.05) is 24.3 Å². The minimum atomic E-state index is -0.0117. The molecule has 2 rings (SSSR count). The summed E-state index contributed by atoms with van der Waals surface area (Å²) in [4.78, 5) is 14.5. The highest BCUT2D eigenvalue weighted by atomic mass is 35.5. The van der Waals surface area contributed by atoms with Gasteiger partial charge in [0.2, 0.25) is 0 Å². The number of nitrogens with zero attached hydrogens (tertiary/aromatic N) is 1. The number of nitrogens with one attached hydrogen (secondary N) is 1. The highest BCUT2D eigenvalue weighted by molar-refractivity contribution is 6.17. The van der Waals surface area contributed by atoms with E-state index in [0.29, 0.717) is 18.0 Å². The van der Waals surface area contributed by atoms with Crippen LogP contribution in [0, 0.1) is 5.92 Å². The summed E-state index contributed by atoms with van der Waals surface area (Å²) >= 11 is 5.78. The molecule has 0 radical (unpaired) electrons. The van der Waals surface area contributed by atoms with E-state index in [-0.39, 0.29) is 5.91 Å². The van der Waals surface area contributed by atoms with Crippen molar-refractivity contribution in [2.24, 2.45) is 5.92 Å². The van der Waals surface area contributed by atoms with Crippen molar-refractivity contribution in [3.8, 4) is 0 Å². The van der Waals surface area contributed by atoms with Crippen LogP contribution in [0.1, 0.15) is 35.7 Å². The van der Waals surface area contributed by atoms with Crippen molar-refractivity contribution >= 4 is 17.5 Å². The summed E-state index contributed by atoms with van der Waals surface area (Å²) in [6.45, 7) is 6.26. The first-order valence-corrected chi connectivity index (χ1v) is 7.88. The van der Waals surface area contributed by atoms with Crippen molar-refractivity contribution in [1.29, 1.82) is 0 Å². The zero-order valence-corrected chi connectivity index (χ0v) is 12.8. The van der Waals surface area contributed by atoms with Crippen LogP contribution in [-0.4, -0.2) is 37.0 Å². The third-order valence-corrected chi connectivity index (χ3v) is 4.24. The molecule has 0 saturated carbocycles. The number of piperidine rings is 1. The number of halogens is 1. The lowest BCUT2D eigenvalue weighted by Gasteiger charge is -2.30. The zero-order valence-electron chi connectivity index (χ0n) is 12.1. The van der Waals surface area contributed by atoms with Gasteiger partial charge in [-0.25, -0.2) is 0 Å². The molecule has 0 aromatic heterocycles. The molecule has 1 aromatic rings. The maximum Gasteiger partial charge on any atom is 0.251 e. The smallest absolute Gasteiger partial charge is 0.251 e. The second-order valence-electron chi connectivity index (χ2n) is 5.61. The lowest BCUT2D eigenvalue weighted by atomic mass is 9.99. The van der Waals surface area contributed by atoms with E-state index in [9.17, 15) is 4.79 Å². The third kappa shape index (κ3) is 4.50. The Hall–Kier alpha value is -1.06. The molecule has 0 unspecified atom stereocenters. The molecule has 0 bridgehead atoms. The number of alkyl halides is 1. The van der Waals surface area contributed by atoms with E-state index >= 15 is 0 Å². The van der Waals surface area contributed by atoms with Crippen molar-refractivity contribution in [2.45, 2.75) is 25.6 Å². The number of amides is 1. The molecule has 20 heavy (non-hydrogen) atoms. The molecule has 1 aromatic carbocycles. The quantitative estimate of drug-likeness (QED) is 0.847. The SMILES string of the molecule is CC1CCN(CCNC(=O)c2cccc(CCl)c2)CC1. The molecule has 1 fully saturated rings. The zero-order chi connectivity index (χ0) is 14.4. The average molecular weight is 295 g/mol. The molecular weight excluding hydrogens is 272 g/mol. The monoisotopic (exact) mass is 294 g/mol. The molecule has 3 nitrogen and oxygen atoms in total. The lowest BCUT2D eigenvalue weighted by Crippen LogP contribution is -2.39. The van der Waals surface area contributed by atoms with Crippen LogP contribution in [-0.2, 0) is 5.88 Å². The van der Waals surface area contributed by atoms with E-state index in [2.05, 4.69) is 17.1 Å². The Kier molecular flexibility index (Phi) is 5.86. The van der Waals surface area contributed by atoms with Gasteiger partial charge in [-0.2, -0.15) is 0 Å². The standard InChI is InChI=1S/C16H23ClN2O/c1-13-5-8-19(9-6-13)10-7-18-16(20)15-4-2-3-14(11-15)12-17/h2-4,11,13H,5-10,12H2,1H3,(H,18,20). The van der Waals surface area contributed by atoms with Crippen molar-refractivity contribution in [1.82, 2.24) is 10.2 Å². The summed E-state index contributed by atoms with van der Waals surface area (Å²) in [5.41, 5.74) is 1.67. The highest BCUT2D eigenvalue weighted by Crippen LogP contribution is 2.15. The number of hydrogen-bond donors (Lipinski definition) is 1. The Morgan fingerprint density at radius 2 is 2.15 bits per heavy atom. The molecular formula is C16H23ClN2O. The van der Waals surface area contributed by atoms with Crippen LogP contribution in [0.25, 0.3) is 0 Å². The van der Waals surface area contributed by atoms with Crippen molar-refractivity contribution < 1.29 is 4.79 Å². The van der Waals surface area contributed by atoms with E-state index < -0.39 is 0 Å². The Bertz CT molecular complexity index is 442. The summed E-state index contributed by atoms with van der Waals surface area (Å²) in [5, 5.41) is 2.99. The van der Waals surface area contributed by atoms with Crippen molar-refractivity contribution in [3.05, 3.63) is 35.4 Å². The maximum atomic E-state index is 12.0. The van der Waals surface area contributed by atoms with Gasteiger partial charge >= 0.3 is 0 Å². The lowest BCUT2D eigenvalue weighted by molar-refractivity contribution is 0.0944. The number of rotatable bonds is 5. The van der Waals surface area contributed by atoms with Gasteiger partial charge in [-0.1, -0.05) is 19.1 Å². The van der Waals surface area contributed by atoms with Gasteiger partial charge in [-0.15, -0.1) is 11.6 Å². The van der Waals surface area contributed by atoms with Gasteiger partial charge < -0.3 is 10.2 Å². The normalized spacial score (nSPS) is 17.1. The van der Waals surface area contributed by atoms with E-state index in [1.165, 1.54) is 12.8 Å². The number of hydrogen-bond acceptors (Lipinski definition) is 2. The molecule has 1 heterocycles. The predicted octanol–water partition coefficient (Wildman–Crippen LogP) is 2.89. The number of likely N-dealkylation sites (tertiary alicyclic amines) is 1. The molecule has 1 saturated heterocycles. The molecule has 1 amide bonds. The third-order valence-electron chi connectivity index (χ3n) is 3.93.